The van der Waals surface area contributed by atoms with Gasteiger partial charge in [-0.05, 0) is 64.8 Å². The van der Waals surface area contributed by atoms with Crippen LogP contribution >= 0.6 is 15.9 Å². The molecule has 0 amide bonds. The van der Waals surface area contributed by atoms with E-state index in [2.05, 4.69) is 27.3 Å². The first-order valence-corrected chi connectivity index (χ1v) is 6.54. The molecule has 0 unspecified atom stereocenters. The largest absolute Gasteiger partial charge is 0.497 e. The quantitative estimate of drug-likeness (QED) is 0.913. The number of aryl methyl sites for hydroxylation is 1. The Balaban J connectivity index is 2.29. The van der Waals surface area contributed by atoms with Gasteiger partial charge in [-0.25, -0.2) is 0 Å². The molecule has 0 bridgehead atoms. The highest BCUT2D eigenvalue weighted by atomic mass is 79.9. The number of nitrogens with zero attached hydrogens (tertiary/aromatic N) is 1. The van der Waals surface area contributed by atoms with Crippen LogP contribution in [0.4, 0.5) is 11.4 Å². The summed E-state index contributed by atoms with van der Waals surface area (Å²) in [5.41, 5.74) is 3.65. The fraction of sp³-hybridized carbons (Fsp3) is 0.133. The molecule has 0 heterocycles. The fourth-order valence-corrected chi connectivity index (χ4v) is 2.21. The van der Waals surface area contributed by atoms with Crippen LogP contribution in [0.25, 0.3) is 0 Å². The molecule has 0 saturated heterocycles. The zero-order chi connectivity index (χ0) is 13.8. The molecule has 1 N–H and O–H groups in total. The number of halogens is 1. The Bertz CT molecular complexity index is 647. The molecule has 0 aromatic heterocycles. The Kier molecular flexibility index (Phi) is 4.08. The van der Waals surface area contributed by atoms with Crippen LogP contribution in [-0.2, 0) is 0 Å². The average Bonchev–Trinajstić information content (AvgIpc) is 2.42. The number of anilines is 2. The summed E-state index contributed by atoms with van der Waals surface area (Å²) in [6.45, 7) is 2.02. The topological polar surface area (TPSA) is 45.0 Å². The normalized spacial score (nSPS) is 9.79. The maximum atomic E-state index is 8.84. The molecule has 0 aliphatic carbocycles. The molecule has 0 aliphatic rings. The molecule has 0 atom stereocenters. The molecule has 4 heteroatoms. The molecular formula is C15H13BrN2O. The Morgan fingerprint density at radius 3 is 2.47 bits per heavy atom. The van der Waals surface area contributed by atoms with Crippen LogP contribution in [0, 0.1) is 18.3 Å². The van der Waals surface area contributed by atoms with Gasteiger partial charge < -0.3 is 10.1 Å². The van der Waals surface area contributed by atoms with Crippen molar-refractivity contribution in [3.8, 4) is 11.8 Å². The third kappa shape index (κ3) is 3.07. The van der Waals surface area contributed by atoms with Crippen molar-refractivity contribution >= 4 is 27.3 Å². The van der Waals surface area contributed by atoms with Gasteiger partial charge in [0.25, 0.3) is 0 Å². The Labute approximate surface area is 121 Å². The smallest absolute Gasteiger partial charge is 0.119 e. The maximum Gasteiger partial charge on any atom is 0.119 e. The van der Waals surface area contributed by atoms with E-state index in [0.717, 1.165) is 27.2 Å². The van der Waals surface area contributed by atoms with Gasteiger partial charge in [0.05, 0.1) is 24.4 Å². The monoisotopic (exact) mass is 316 g/mol. The third-order valence-corrected chi connectivity index (χ3v) is 3.46. The highest BCUT2D eigenvalue weighted by Gasteiger charge is 2.05. The van der Waals surface area contributed by atoms with Crippen molar-refractivity contribution in [2.45, 2.75) is 6.92 Å². The molecule has 0 aliphatic heterocycles. The molecule has 2 aromatic carbocycles. The molecule has 96 valence electrons. The lowest BCUT2D eigenvalue weighted by molar-refractivity contribution is 0.414. The van der Waals surface area contributed by atoms with Crippen molar-refractivity contribution in [3.63, 3.8) is 0 Å². The van der Waals surface area contributed by atoms with Crippen molar-refractivity contribution in [1.29, 1.82) is 5.26 Å². The summed E-state index contributed by atoms with van der Waals surface area (Å²) in [6.07, 6.45) is 0. The van der Waals surface area contributed by atoms with Crippen LogP contribution in [-0.4, -0.2) is 7.11 Å². The highest BCUT2D eigenvalue weighted by molar-refractivity contribution is 9.10. The first kappa shape index (κ1) is 13.4. The lowest BCUT2D eigenvalue weighted by Crippen LogP contribution is -1.95. The van der Waals surface area contributed by atoms with E-state index < -0.39 is 0 Å². The molecule has 3 nitrogen and oxygen atoms in total. The Hall–Kier alpha value is -1.99. The van der Waals surface area contributed by atoms with Gasteiger partial charge in [-0.1, -0.05) is 0 Å². The SMILES string of the molecule is COc1ccc(Nc2ccc(C#N)cc2Br)c(C)c1. The zero-order valence-corrected chi connectivity index (χ0v) is 12.3. The third-order valence-electron chi connectivity index (χ3n) is 2.80. The summed E-state index contributed by atoms with van der Waals surface area (Å²) in [5, 5.41) is 12.2. The summed E-state index contributed by atoms with van der Waals surface area (Å²) in [4.78, 5) is 0. The van der Waals surface area contributed by atoms with Crippen LogP contribution in [0.5, 0.6) is 5.75 Å². The van der Waals surface area contributed by atoms with Crippen molar-refractivity contribution in [2.24, 2.45) is 0 Å². The summed E-state index contributed by atoms with van der Waals surface area (Å²) in [7, 11) is 1.65. The molecule has 0 saturated carbocycles. The first-order valence-electron chi connectivity index (χ1n) is 5.75. The van der Waals surface area contributed by atoms with Crippen molar-refractivity contribution in [1.82, 2.24) is 0 Å². The van der Waals surface area contributed by atoms with E-state index in [1.807, 2.05) is 31.2 Å². The fourth-order valence-electron chi connectivity index (χ4n) is 1.73. The number of nitriles is 1. The van der Waals surface area contributed by atoms with Crippen LogP contribution in [0.2, 0.25) is 0 Å². The van der Waals surface area contributed by atoms with Crippen LogP contribution in [0.15, 0.2) is 40.9 Å². The molecule has 2 aromatic rings. The number of rotatable bonds is 3. The predicted octanol–water partition coefficient (Wildman–Crippen LogP) is 4.38. The first-order chi connectivity index (χ1) is 9.13. The van der Waals surface area contributed by atoms with Gasteiger partial charge in [0, 0.05) is 10.2 Å². The molecule has 0 fully saturated rings. The summed E-state index contributed by atoms with van der Waals surface area (Å²) >= 11 is 3.46. The molecular weight excluding hydrogens is 304 g/mol. The van der Waals surface area contributed by atoms with E-state index in [9.17, 15) is 0 Å². The lowest BCUT2D eigenvalue weighted by Gasteiger charge is -2.12. The zero-order valence-electron chi connectivity index (χ0n) is 10.7. The number of hydrogen-bond donors (Lipinski definition) is 1. The molecule has 2 rings (SSSR count). The van der Waals surface area contributed by atoms with Gasteiger partial charge in [0.2, 0.25) is 0 Å². The molecule has 0 radical (unpaired) electrons. The van der Waals surface area contributed by atoms with E-state index >= 15 is 0 Å². The van der Waals surface area contributed by atoms with E-state index in [1.54, 1.807) is 19.2 Å². The lowest BCUT2D eigenvalue weighted by atomic mass is 10.1. The maximum absolute atomic E-state index is 8.84. The summed E-state index contributed by atoms with van der Waals surface area (Å²) in [6, 6.07) is 13.4. The standard InChI is InChI=1S/C15H13BrN2O/c1-10-7-12(19-2)4-6-14(10)18-15-5-3-11(9-17)8-13(15)16/h3-8,18H,1-2H3. The predicted molar refractivity (Wildman–Crippen MR) is 79.9 cm³/mol. The Morgan fingerprint density at radius 1 is 1.16 bits per heavy atom. The summed E-state index contributed by atoms with van der Waals surface area (Å²) in [5.74, 6) is 0.835. The van der Waals surface area contributed by atoms with Crippen molar-refractivity contribution in [2.75, 3.05) is 12.4 Å². The van der Waals surface area contributed by atoms with Crippen molar-refractivity contribution < 1.29 is 4.74 Å². The second kappa shape index (κ2) is 5.77. The van der Waals surface area contributed by atoms with E-state index in [1.165, 1.54) is 0 Å². The van der Waals surface area contributed by atoms with Gasteiger partial charge in [0.1, 0.15) is 5.75 Å². The van der Waals surface area contributed by atoms with E-state index in [0.29, 0.717) is 5.56 Å². The van der Waals surface area contributed by atoms with E-state index in [4.69, 9.17) is 10.00 Å². The number of nitrogens with one attached hydrogen (secondary N) is 1. The minimum Gasteiger partial charge on any atom is -0.497 e. The van der Waals surface area contributed by atoms with E-state index in [-0.39, 0.29) is 0 Å². The number of benzene rings is 2. The second-order valence-electron chi connectivity index (χ2n) is 4.11. The highest BCUT2D eigenvalue weighted by Crippen LogP contribution is 2.29. The van der Waals surface area contributed by atoms with Gasteiger partial charge in [-0.3, -0.25) is 0 Å². The number of hydrogen-bond acceptors (Lipinski definition) is 3. The van der Waals surface area contributed by atoms with Gasteiger partial charge in [-0.2, -0.15) is 5.26 Å². The van der Waals surface area contributed by atoms with Gasteiger partial charge >= 0.3 is 0 Å². The number of methoxy groups -OCH3 is 1. The minimum atomic E-state index is 0.629. The number of ether oxygens (including phenoxy) is 1. The minimum absolute atomic E-state index is 0.629. The van der Waals surface area contributed by atoms with Gasteiger partial charge in [0.15, 0.2) is 0 Å². The van der Waals surface area contributed by atoms with Crippen LogP contribution in [0.1, 0.15) is 11.1 Å². The van der Waals surface area contributed by atoms with Crippen LogP contribution < -0.4 is 10.1 Å². The van der Waals surface area contributed by atoms with Crippen LogP contribution in [0.3, 0.4) is 0 Å². The second-order valence-corrected chi connectivity index (χ2v) is 4.97. The molecule has 19 heavy (non-hydrogen) atoms. The summed E-state index contributed by atoms with van der Waals surface area (Å²) < 4.78 is 6.04. The molecule has 0 spiro atoms. The van der Waals surface area contributed by atoms with Gasteiger partial charge in [-0.15, -0.1) is 0 Å². The average molecular weight is 317 g/mol. The Morgan fingerprint density at radius 2 is 1.89 bits per heavy atom. The van der Waals surface area contributed by atoms with Crippen molar-refractivity contribution in [3.05, 3.63) is 52.0 Å².